The van der Waals surface area contributed by atoms with Crippen LogP contribution in [0.4, 0.5) is 0 Å². The molecule has 1 saturated heterocycles. The third kappa shape index (κ3) is 2.64. The third-order valence-corrected chi connectivity index (χ3v) is 6.09. The molecule has 1 atom stereocenters. The molecule has 2 aromatic heterocycles. The second-order valence-electron chi connectivity index (χ2n) is 5.17. The molecular weight excluding hydrogens is 292 g/mol. The van der Waals surface area contributed by atoms with Crippen LogP contribution in [0.5, 0.6) is 0 Å². The molecule has 6 heteroatoms. The van der Waals surface area contributed by atoms with E-state index in [9.17, 15) is 4.79 Å². The molecule has 0 spiro atoms. The Bertz CT molecular complexity index is 659. The maximum Gasteiger partial charge on any atom is 0.271 e. The van der Waals surface area contributed by atoms with E-state index < -0.39 is 0 Å². The molecule has 3 heterocycles. The molecule has 0 radical (unpaired) electrons. The summed E-state index contributed by atoms with van der Waals surface area (Å²) >= 11 is 3.17. The molecule has 1 aliphatic heterocycles. The maximum absolute atomic E-state index is 12.3. The summed E-state index contributed by atoms with van der Waals surface area (Å²) in [5.74, 6) is 0.642. The molecule has 1 fully saturated rings. The van der Waals surface area contributed by atoms with Gasteiger partial charge in [-0.25, -0.2) is 4.98 Å². The zero-order valence-electron chi connectivity index (χ0n) is 11.7. The molecule has 0 amide bonds. The van der Waals surface area contributed by atoms with Gasteiger partial charge in [0, 0.05) is 25.5 Å². The Morgan fingerprint density at radius 3 is 3.00 bits per heavy atom. The first-order valence-electron chi connectivity index (χ1n) is 6.85. The molecule has 0 aromatic carbocycles. The van der Waals surface area contributed by atoms with Gasteiger partial charge >= 0.3 is 0 Å². The largest absolute Gasteiger partial charge is 0.381 e. The van der Waals surface area contributed by atoms with Crippen LogP contribution in [0.15, 0.2) is 21.4 Å². The molecule has 1 unspecified atom stereocenters. The highest BCUT2D eigenvalue weighted by atomic mass is 32.2. The van der Waals surface area contributed by atoms with Crippen LogP contribution < -0.4 is 5.56 Å². The van der Waals surface area contributed by atoms with Crippen molar-refractivity contribution in [1.82, 2.24) is 9.55 Å². The van der Waals surface area contributed by atoms with E-state index in [0.29, 0.717) is 11.2 Å². The predicted octanol–water partition coefficient (Wildman–Crippen LogP) is 2.90. The molecule has 1 aliphatic rings. The monoisotopic (exact) mass is 310 g/mol. The summed E-state index contributed by atoms with van der Waals surface area (Å²) in [4.78, 5) is 16.9. The zero-order valence-corrected chi connectivity index (χ0v) is 13.3. The number of hydrogen-bond donors (Lipinski definition) is 0. The second-order valence-corrected chi connectivity index (χ2v) is 7.43. The van der Waals surface area contributed by atoms with E-state index in [1.807, 2.05) is 18.5 Å². The number of hydrogen-bond acceptors (Lipinski definition) is 5. The lowest BCUT2D eigenvalue weighted by Crippen LogP contribution is -2.25. The van der Waals surface area contributed by atoms with Gasteiger partial charge in [0.2, 0.25) is 0 Å². The molecule has 2 aromatic rings. The Morgan fingerprint density at radius 2 is 2.25 bits per heavy atom. The summed E-state index contributed by atoms with van der Waals surface area (Å²) < 4.78 is 7.84. The summed E-state index contributed by atoms with van der Waals surface area (Å²) in [6.07, 6.45) is 2.20. The van der Waals surface area contributed by atoms with Crippen LogP contribution in [-0.2, 0) is 11.8 Å². The first-order chi connectivity index (χ1) is 9.66. The van der Waals surface area contributed by atoms with Gasteiger partial charge in [-0.3, -0.25) is 9.36 Å². The van der Waals surface area contributed by atoms with Crippen molar-refractivity contribution in [3.8, 4) is 0 Å². The van der Waals surface area contributed by atoms with E-state index in [-0.39, 0.29) is 5.56 Å². The molecule has 3 rings (SSSR count). The van der Waals surface area contributed by atoms with Crippen molar-refractivity contribution in [3.05, 3.63) is 21.8 Å². The van der Waals surface area contributed by atoms with Gasteiger partial charge < -0.3 is 4.74 Å². The summed E-state index contributed by atoms with van der Waals surface area (Å²) in [5.41, 5.74) is 0.881. The van der Waals surface area contributed by atoms with Crippen molar-refractivity contribution in [2.45, 2.75) is 30.2 Å². The number of aromatic nitrogens is 2. The first kappa shape index (κ1) is 14.1. The zero-order chi connectivity index (χ0) is 14.1. The molecule has 108 valence electrons. The minimum absolute atomic E-state index is 0.0617. The number of thioether (sulfide) groups is 1. The van der Waals surface area contributed by atoms with Crippen molar-refractivity contribution >= 4 is 33.3 Å². The minimum atomic E-state index is 0.0617. The Morgan fingerprint density at radius 1 is 1.50 bits per heavy atom. The van der Waals surface area contributed by atoms with Crippen LogP contribution in [0, 0.1) is 5.92 Å². The van der Waals surface area contributed by atoms with Crippen LogP contribution in [0.1, 0.15) is 19.8 Å². The van der Waals surface area contributed by atoms with Gasteiger partial charge in [-0.05, 0) is 30.2 Å². The van der Waals surface area contributed by atoms with Gasteiger partial charge in [0.1, 0.15) is 4.70 Å². The average molecular weight is 310 g/mol. The number of rotatable bonds is 3. The topological polar surface area (TPSA) is 44.1 Å². The van der Waals surface area contributed by atoms with Crippen LogP contribution in [0.3, 0.4) is 0 Å². The minimum Gasteiger partial charge on any atom is -0.381 e. The fourth-order valence-corrected chi connectivity index (χ4v) is 4.52. The Labute approximate surface area is 126 Å². The normalized spacial score (nSPS) is 18.5. The summed E-state index contributed by atoms with van der Waals surface area (Å²) in [5, 5.41) is 3.20. The smallest absolute Gasteiger partial charge is 0.271 e. The fraction of sp³-hybridized carbons (Fsp3) is 0.571. The van der Waals surface area contributed by atoms with E-state index in [1.54, 1.807) is 16.3 Å². The van der Waals surface area contributed by atoms with E-state index in [0.717, 1.165) is 41.4 Å². The van der Waals surface area contributed by atoms with Crippen molar-refractivity contribution in [1.29, 1.82) is 0 Å². The SMILES string of the molecule is CC(Sc1nc2ccsc2c(=O)n1C)C1CCOCC1. The third-order valence-electron chi connectivity index (χ3n) is 3.87. The van der Waals surface area contributed by atoms with E-state index in [4.69, 9.17) is 4.74 Å². The quantitative estimate of drug-likeness (QED) is 0.646. The number of ether oxygens (including phenoxy) is 1. The van der Waals surface area contributed by atoms with Crippen molar-refractivity contribution in [2.24, 2.45) is 13.0 Å². The van der Waals surface area contributed by atoms with Gasteiger partial charge in [-0.15, -0.1) is 11.3 Å². The van der Waals surface area contributed by atoms with E-state index in [2.05, 4.69) is 11.9 Å². The van der Waals surface area contributed by atoms with E-state index >= 15 is 0 Å². The Kier molecular flexibility index (Phi) is 4.14. The van der Waals surface area contributed by atoms with Crippen molar-refractivity contribution in [2.75, 3.05) is 13.2 Å². The number of thiophene rings is 1. The van der Waals surface area contributed by atoms with Crippen molar-refractivity contribution < 1.29 is 4.74 Å². The average Bonchev–Trinajstić information content (AvgIpc) is 2.93. The highest BCUT2D eigenvalue weighted by Crippen LogP contribution is 2.32. The van der Waals surface area contributed by atoms with E-state index in [1.165, 1.54) is 11.3 Å². The number of nitrogens with zero attached hydrogens (tertiary/aromatic N) is 2. The fourth-order valence-electron chi connectivity index (χ4n) is 2.52. The highest BCUT2D eigenvalue weighted by molar-refractivity contribution is 7.99. The van der Waals surface area contributed by atoms with Gasteiger partial charge in [0.15, 0.2) is 5.16 Å². The second kappa shape index (κ2) is 5.87. The van der Waals surface area contributed by atoms with Crippen LogP contribution in [0.25, 0.3) is 10.2 Å². The predicted molar refractivity (Wildman–Crippen MR) is 83.7 cm³/mol. The standard InChI is InChI=1S/C14H18N2O2S2/c1-9(10-3-6-18-7-4-10)20-14-15-11-5-8-19-12(11)13(17)16(14)2/h5,8-10H,3-4,6-7H2,1-2H3. The van der Waals surface area contributed by atoms with Gasteiger partial charge in [-0.1, -0.05) is 18.7 Å². The van der Waals surface area contributed by atoms with Crippen LogP contribution in [-0.4, -0.2) is 28.0 Å². The highest BCUT2D eigenvalue weighted by Gasteiger charge is 2.23. The molecule has 0 aliphatic carbocycles. The van der Waals surface area contributed by atoms with Crippen molar-refractivity contribution in [3.63, 3.8) is 0 Å². The lowest BCUT2D eigenvalue weighted by Gasteiger charge is -2.27. The summed E-state index contributed by atoms with van der Waals surface area (Å²) in [6.45, 7) is 3.93. The van der Waals surface area contributed by atoms with Crippen LogP contribution in [0.2, 0.25) is 0 Å². The number of fused-ring (bicyclic) bond motifs is 1. The molecule has 4 nitrogen and oxygen atoms in total. The summed E-state index contributed by atoms with van der Waals surface area (Å²) in [7, 11) is 1.81. The Balaban J connectivity index is 1.86. The molecule has 0 bridgehead atoms. The lowest BCUT2D eigenvalue weighted by atomic mass is 9.97. The molecular formula is C14H18N2O2S2. The first-order valence-corrected chi connectivity index (χ1v) is 8.61. The molecule has 0 N–H and O–H groups in total. The maximum atomic E-state index is 12.3. The van der Waals surface area contributed by atoms with Crippen LogP contribution >= 0.6 is 23.1 Å². The molecule has 20 heavy (non-hydrogen) atoms. The van der Waals surface area contributed by atoms with Gasteiger partial charge in [0.25, 0.3) is 5.56 Å². The van der Waals surface area contributed by atoms with Gasteiger partial charge in [-0.2, -0.15) is 0 Å². The lowest BCUT2D eigenvalue weighted by molar-refractivity contribution is 0.0669. The van der Waals surface area contributed by atoms with Gasteiger partial charge in [0.05, 0.1) is 5.52 Å². The molecule has 0 saturated carbocycles. The summed E-state index contributed by atoms with van der Waals surface area (Å²) in [6, 6.07) is 1.92. The Hall–Kier alpha value is -0.850.